The van der Waals surface area contributed by atoms with Crippen LogP contribution in [0.3, 0.4) is 0 Å². The molecule has 0 bridgehead atoms. The predicted molar refractivity (Wildman–Crippen MR) is 93.9 cm³/mol. The van der Waals surface area contributed by atoms with E-state index in [9.17, 15) is 18.8 Å². The summed E-state index contributed by atoms with van der Waals surface area (Å²) in [6.45, 7) is 2.72. The highest BCUT2D eigenvalue weighted by molar-refractivity contribution is 6.07. The average Bonchev–Trinajstić information content (AvgIpc) is 2.62. The quantitative estimate of drug-likeness (QED) is 0.855. The van der Waals surface area contributed by atoms with Gasteiger partial charge in [-0.2, -0.15) is 0 Å². The molecule has 2 aromatic carbocycles. The summed E-state index contributed by atoms with van der Waals surface area (Å²) >= 11 is 0. The maximum Gasteiger partial charge on any atom is 0.265 e. The molecule has 0 radical (unpaired) electrons. The molecular weight excluding hydrogens is 339 g/mol. The number of hydrogen-bond donors (Lipinski definition) is 1. The highest BCUT2D eigenvalue weighted by Crippen LogP contribution is 2.34. The summed E-state index contributed by atoms with van der Waals surface area (Å²) in [5.74, 6) is -1.31. The van der Waals surface area contributed by atoms with Crippen molar-refractivity contribution >= 4 is 29.0 Å². The summed E-state index contributed by atoms with van der Waals surface area (Å²) in [4.78, 5) is 37.8. The predicted octanol–water partition coefficient (Wildman–Crippen LogP) is 2.78. The minimum atomic E-state index is -0.924. The number of halogens is 1. The molecular formula is C19H17FN2O4. The van der Waals surface area contributed by atoms with Crippen LogP contribution in [0.4, 0.5) is 15.8 Å². The Kier molecular flexibility index (Phi) is 4.71. The Morgan fingerprint density at radius 3 is 2.65 bits per heavy atom. The minimum absolute atomic E-state index is 0.0303. The van der Waals surface area contributed by atoms with E-state index in [1.54, 1.807) is 18.2 Å². The maximum atomic E-state index is 13.8. The van der Waals surface area contributed by atoms with Gasteiger partial charge in [-0.1, -0.05) is 12.1 Å². The van der Waals surface area contributed by atoms with Crippen molar-refractivity contribution in [3.05, 3.63) is 53.8 Å². The van der Waals surface area contributed by atoms with Crippen LogP contribution in [0.5, 0.6) is 5.75 Å². The summed E-state index contributed by atoms with van der Waals surface area (Å²) in [6.07, 6.45) is 0. The average molecular weight is 356 g/mol. The molecule has 0 saturated carbocycles. The number of hydrogen-bond acceptors (Lipinski definition) is 4. The van der Waals surface area contributed by atoms with Crippen LogP contribution in [0, 0.1) is 5.82 Å². The highest BCUT2D eigenvalue weighted by Gasteiger charge is 2.33. The zero-order valence-electron chi connectivity index (χ0n) is 14.3. The Balaban J connectivity index is 1.91. The van der Waals surface area contributed by atoms with E-state index < -0.39 is 23.7 Å². The van der Waals surface area contributed by atoms with Gasteiger partial charge in [-0.3, -0.25) is 19.3 Å². The second kappa shape index (κ2) is 6.95. The van der Waals surface area contributed by atoms with E-state index >= 15 is 0 Å². The van der Waals surface area contributed by atoms with Crippen LogP contribution in [-0.4, -0.2) is 30.2 Å². The number of fused-ring (bicyclic) bond motifs is 1. The van der Waals surface area contributed by atoms with Gasteiger partial charge >= 0.3 is 0 Å². The first-order valence-corrected chi connectivity index (χ1v) is 8.03. The molecule has 0 aromatic heterocycles. The number of para-hydroxylation sites is 1. The monoisotopic (exact) mass is 356 g/mol. The summed E-state index contributed by atoms with van der Waals surface area (Å²) in [5, 5.41) is 2.48. The van der Waals surface area contributed by atoms with E-state index in [2.05, 4.69) is 5.32 Å². The Labute approximate surface area is 149 Å². The summed E-state index contributed by atoms with van der Waals surface area (Å²) in [5.41, 5.74) is 0.765. The lowest BCUT2D eigenvalue weighted by Gasteiger charge is -2.33. The fourth-order valence-electron chi connectivity index (χ4n) is 2.73. The number of Topliss-reactive ketones (excluding diaryl/α,β-unsaturated/α-hetero) is 1. The van der Waals surface area contributed by atoms with Gasteiger partial charge < -0.3 is 10.1 Å². The van der Waals surface area contributed by atoms with Crippen LogP contribution in [0.2, 0.25) is 0 Å². The van der Waals surface area contributed by atoms with Gasteiger partial charge in [0, 0.05) is 5.56 Å². The van der Waals surface area contributed by atoms with E-state index in [0.717, 1.165) is 0 Å². The third-order valence-electron chi connectivity index (χ3n) is 4.14. The lowest BCUT2D eigenvalue weighted by atomic mass is 10.1. The number of carbonyl (C=O) groups is 3. The van der Waals surface area contributed by atoms with Crippen LogP contribution < -0.4 is 15.0 Å². The van der Waals surface area contributed by atoms with Gasteiger partial charge in [-0.15, -0.1) is 0 Å². The van der Waals surface area contributed by atoms with Crippen molar-refractivity contribution in [3.8, 4) is 5.75 Å². The number of anilines is 2. The summed E-state index contributed by atoms with van der Waals surface area (Å²) in [6, 6.07) is 9.55. The number of benzene rings is 2. The van der Waals surface area contributed by atoms with Gasteiger partial charge in [-0.05, 0) is 44.2 Å². The molecule has 7 heteroatoms. The van der Waals surface area contributed by atoms with E-state index in [-0.39, 0.29) is 18.1 Å². The van der Waals surface area contributed by atoms with Crippen LogP contribution in [0.15, 0.2) is 42.5 Å². The lowest BCUT2D eigenvalue weighted by Crippen LogP contribution is -2.49. The van der Waals surface area contributed by atoms with Gasteiger partial charge in [-0.25, -0.2) is 4.39 Å². The molecule has 1 atom stereocenters. The third-order valence-corrected chi connectivity index (χ3v) is 4.14. The molecule has 2 amide bonds. The maximum absolute atomic E-state index is 13.8. The minimum Gasteiger partial charge on any atom is -0.482 e. The molecule has 1 N–H and O–H groups in total. The Morgan fingerprint density at radius 2 is 1.96 bits per heavy atom. The molecule has 0 fully saturated rings. The molecule has 1 heterocycles. The first-order valence-electron chi connectivity index (χ1n) is 8.03. The standard InChI is InChI=1S/C19H17FN2O4/c1-11(19(25)21-15-6-4-3-5-14(15)20)22-16-9-13(12(2)23)7-8-17(16)26-10-18(22)24/h3-9,11H,10H2,1-2H3,(H,21,25). The number of nitrogens with zero attached hydrogens (tertiary/aromatic N) is 1. The lowest BCUT2D eigenvalue weighted by molar-refractivity contribution is -0.125. The fraction of sp³-hybridized carbons (Fsp3) is 0.211. The number of ketones is 1. The molecule has 0 saturated heterocycles. The zero-order valence-corrected chi connectivity index (χ0v) is 14.3. The molecule has 26 heavy (non-hydrogen) atoms. The molecule has 1 unspecified atom stereocenters. The third kappa shape index (κ3) is 3.28. The molecule has 2 aromatic rings. The number of nitrogens with one attached hydrogen (secondary N) is 1. The number of rotatable bonds is 4. The van der Waals surface area contributed by atoms with Gasteiger partial charge in [0.1, 0.15) is 17.6 Å². The van der Waals surface area contributed by atoms with Crippen LogP contribution >= 0.6 is 0 Å². The Morgan fingerprint density at radius 1 is 1.23 bits per heavy atom. The zero-order chi connectivity index (χ0) is 18.8. The first kappa shape index (κ1) is 17.6. The van der Waals surface area contributed by atoms with E-state index in [1.807, 2.05) is 0 Å². The molecule has 3 rings (SSSR count). The van der Waals surface area contributed by atoms with Crippen molar-refractivity contribution in [2.45, 2.75) is 19.9 Å². The summed E-state index contributed by atoms with van der Waals surface area (Å²) in [7, 11) is 0. The number of amides is 2. The van der Waals surface area contributed by atoms with E-state index in [4.69, 9.17) is 4.74 Å². The summed E-state index contributed by atoms with van der Waals surface area (Å²) < 4.78 is 19.1. The largest absolute Gasteiger partial charge is 0.482 e. The van der Waals surface area contributed by atoms with E-state index in [0.29, 0.717) is 17.0 Å². The topological polar surface area (TPSA) is 75.7 Å². The first-order chi connectivity index (χ1) is 12.4. The van der Waals surface area contributed by atoms with Crippen molar-refractivity contribution < 1.29 is 23.5 Å². The van der Waals surface area contributed by atoms with Crippen LogP contribution in [-0.2, 0) is 9.59 Å². The van der Waals surface area contributed by atoms with Gasteiger partial charge in [0.05, 0.1) is 11.4 Å². The molecule has 0 aliphatic carbocycles. The van der Waals surface area contributed by atoms with Gasteiger partial charge in [0.2, 0.25) is 5.91 Å². The molecule has 6 nitrogen and oxygen atoms in total. The van der Waals surface area contributed by atoms with Crippen LogP contribution in [0.25, 0.3) is 0 Å². The smallest absolute Gasteiger partial charge is 0.265 e. The highest BCUT2D eigenvalue weighted by atomic mass is 19.1. The van der Waals surface area contributed by atoms with Gasteiger partial charge in [0.25, 0.3) is 5.91 Å². The fourth-order valence-corrected chi connectivity index (χ4v) is 2.73. The molecule has 1 aliphatic rings. The second-order valence-electron chi connectivity index (χ2n) is 5.94. The molecule has 1 aliphatic heterocycles. The Bertz CT molecular complexity index is 897. The Hall–Kier alpha value is -3.22. The second-order valence-corrected chi connectivity index (χ2v) is 5.94. The van der Waals surface area contributed by atoms with Gasteiger partial charge in [0.15, 0.2) is 12.4 Å². The molecule has 0 spiro atoms. The van der Waals surface area contributed by atoms with Crippen molar-refractivity contribution in [3.63, 3.8) is 0 Å². The normalized spacial score (nSPS) is 14.3. The van der Waals surface area contributed by atoms with Crippen molar-refractivity contribution in [1.29, 1.82) is 0 Å². The van der Waals surface area contributed by atoms with Crippen molar-refractivity contribution in [2.24, 2.45) is 0 Å². The van der Waals surface area contributed by atoms with E-state index in [1.165, 1.54) is 43.0 Å². The number of ether oxygens (including phenoxy) is 1. The van der Waals surface area contributed by atoms with Crippen LogP contribution in [0.1, 0.15) is 24.2 Å². The SMILES string of the molecule is CC(=O)c1ccc2c(c1)N(C(C)C(=O)Nc1ccccc1F)C(=O)CO2. The van der Waals surface area contributed by atoms with Crippen molar-refractivity contribution in [2.75, 3.05) is 16.8 Å². The number of carbonyl (C=O) groups excluding carboxylic acids is 3. The molecule has 134 valence electrons. The van der Waals surface area contributed by atoms with Crippen molar-refractivity contribution in [1.82, 2.24) is 0 Å².